The SMILES string of the molecule is COc1ccc2c(c1)CCc1cnc(-n3cc(C(=O)Nc4ccc(CN5CCN(c6ccncc6)CC5)cc4)c(N)n3)nc1-2. The lowest BCUT2D eigenvalue weighted by molar-refractivity contribution is 0.102. The minimum absolute atomic E-state index is 0.108. The fourth-order valence-corrected chi connectivity index (χ4v) is 5.86. The molecule has 0 saturated carbocycles. The van der Waals surface area contributed by atoms with E-state index < -0.39 is 0 Å². The van der Waals surface area contributed by atoms with Crippen LogP contribution in [-0.2, 0) is 19.4 Å². The number of carbonyl (C=O) groups is 1. The topological polar surface area (TPSA) is 127 Å². The van der Waals surface area contributed by atoms with Crippen LogP contribution in [0, 0.1) is 0 Å². The van der Waals surface area contributed by atoms with Gasteiger partial charge in [0.2, 0.25) is 0 Å². The molecule has 44 heavy (non-hydrogen) atoms. The minimum atomic E-state index is -0.343. The molecular weight excluding hydrogens is 554 g/mol. The highest BCUT2D eigenvalue weighted by molar-refractivity contribution is 6.07. The third-order valence-corrected chi connectivity index (χ3v) is 8.29. The van der Waals surface area contributed by atoms with E-state index in [0.29, 0.717) is 11.6 Å². The van der Waals surface area contributed by atoms with Crippen LogP contribution in [0.2, 0.25) is 0 Å². The Morgan fingerprint density at radius 2 is 1.75 bits per heavy atom. The van der Waals surface area contributed by atoms with Crippen molar-refractivity contribution in [1.82, 2.24) is 29.6 Å². The lowest BCUT2D eigenvalue weighted by Crippen LogP contribution is -2.45. The monoisotopic (exact) mass is 587 g/mol. The van der Waals surface area contributed by atoms with Crippen molar-refractivity contribution in [1.29, 1.82) is 0 Å². The second-order valence-corrected chi connectivity index (χ2v) is 11.1. The number of anilines is 3. The van der Waals surface area contributed by atoms with Crippen molar-refractivity contribution in [2.75, 3.05) is 49.2 Å². The molecule has 5 aromatic rings. The van der Waals surface area contributed by atoms with Crippen LogP contribution in [0.3, 0.4) is 0 Å². The van der Waals surface area contributed by atoms with E-state index in [-0.39, 0.29) is 17.3 Å². The van der Waals surface area contributed by atoms with Crippen molar-refractivity contribution in [3.8, 4) is 23.0 Å². The fraction of sp³-hybridized carbons (Fsp3) is 0.242. The molecule has 0 atom stereocenters. The third kappa shape index (κ3) is 5.57. The number of aromatic nitrogens is 5. The Morgan fingerprint density at radius 3 is 2.52 bits per heavy atom. The number of aryl methyl sites for hydroxylation is 2. The van der Waals surface area contributed by atoms with E-state index in [1.165, 1.54) is 21.5 Å². The first-order valence-corrected chi connectivity index (χ1v) is 14.7. The molecule has 1 aliphatic carbocycles. The molecule has 4 heterocycles. The van der Waals surface area contributed by atoms with E-state index in [1.807, 2.05) is 61.1 Å². The van der Waals surface area contributed by atoms with E-state index in [4.69, 9.17) is 15.5 Å². The predicted molar refractivity (Wildman–Crippen MR) is 169 cm³/mol. The number of ether oxygens (including phenoxy) is 1. The third-order valence-electron chi connectivity index (χ3n) is 8.29. The second kappa shape index (κ2) is 11.8. The summed E-state index contributed by atoms with van der Waals surface area (Å²) in [4.78, 5) is 31.4. The van der Waals surface area contributed by atoms with E-state index in [1.54, 1.807) is 13.3 Å². The Labute approximate surface area is 255 Å². The number of nitrogens with two attached hydrogens (primary N) is 1. The Morgan fingerprint density at radius 1 is 0.977 bits per heavy atom. The Balaban J connectivity index is 0.996. The normalized spacial score (nSPS) is 14.5. The Hall–Kier alpha value is -5.29. The van der Waals surface area contributed by atoms with Gasteiger partial charge in [0.15, 0.2) is 5.82 Å². The number of hydrogen-bond donors (Lipinski definition) is 2. The Kier molecular flexibility index (Phi) is 7.37. The number of nitrogen functional groups attached to an aromatic ring is 1. The highest BCUT2D eigenvalue weighted by atomic mass is 16.5. The lowest BCUT2D eigenvalue weighted by Gasteiger charge is -2.36. The van der Waals surface area contributed by atoms with Crippen molar-refractivity contribution < 1.29 is 9.53 Å². The summed E-state index contributed by atoms with van der Waals surface area (Å²) in [6.07, 6.45) is 8.81. The van der Waals surface area contributed by atoms with E-state index >= 15 is 0 Å². The molecule has 222 valence electrons. The minimum Gasteiger partial charge on any atom is -0.497 e. The molecule has 11 heteroatoms. The predicted octanol–water partition coefficient (Wildman–Crippen LogP) is 3.99. The first-order chi connectivity index (χ1) is 21.5. The van der Waals surface area contributed by atoms with E-state index in [2.05, 4.69) is 42.3 Å². The van der Waals surface area contributed by atoms with Crippen LogP contribution in [0.4, 0.5) is 17.2 Å². The van der Waals surface area contributed by atoms with Gasteiger partial charge in [0, 0.05) is 74.4 Å². The molecular formula is C33H33N9O2. The molecule has 11 nitrogen and oxygen atoms in total. The van der Waals surface area contributed by atoms with Gasteiger partial charge in [0.25, 0.3) is 11.9 Å². The van der Waals surface area contributed by atoms with E-state index in [9.17, 15) is 4.79 Å². The first kappa shape index (κ1) is 27.5. The number of hydrogen-bond acceptors (Lipinski definition) is 9. The molecule has 7 rings (SSSR count). The molecule has 2 aliphatic rings. The van der Waals surface area contributed by atoms with Gasteiger partial charge in [-0.3, -0.25) is 14.7 Å². The van der Waals surface area contributed by atoms with Crippen molar-refractivity contribution in [3.63, 3.8) is 0 Å². The molecule has 0 unspecified atom stereocenters. The van der Waals surface area contributed by atoms with Gasteiger partial charge in [-0.25, -0.2) is 14.6 Å². The molecule has 0 radical (unpaired) electrons. The second-order valence-electron chi connectivity index (χ2n) is 11.1. The number of piperazine rings is 1. The summed E-state index contributed by atoms with van der Waals surface area (Å²) >= 11 is 0. The van der Waals surface area contributed by atoms with Gasteiger partial charge in [-0.1, -0.05) is 12.1 Å². The molecule has 1 fully saturated rings. The van der Waals surface area contributed by atoms with Gasteiger partial charge in [0.05, 0.1) is 12.8 Å². The van der Waals surface area contributed by atoms with Gasteiger partial charge in [-0.05, 0) is 72.0 Å². The number of carbonyl (C=O) groups excluding carboxylic acids is 1. The lowest BCUT2D eigenvalue weighted by atomic mass is 9.90. The number of methoxy groups -OCH3 is 1. The van der Waals surface area contributed by atoms with Crippen LogP contribution in [-0.4, -0.2) is 68.8 Å². The summed E-state index contributed by atoms with van der Waals surface area (Å²) in [7, 11) is 1.67. The van der Waals surface area contributed by atoms with Gasteiger partial charge in [-0.2, -0.15) is 0 Å². The van der Waals surface area contributed by atoms with Crippen molar-refractivity contribution >= 4 is 23.1 Å². The standard InChI is InChI=1S/C33H33N9O2/c1-44-27-8-9-28-23(18-27)4-5-24-19-36-33(38-30(24)28)42-21-29(31(34)39-42)32(43)37-25-6-2-22(3-7-25)20-40-14-16-41(17-15-40)26-10-12-35-13-11-26/h2-3,6-13,18-19,21H,4-5,14-17,20H2,1H3,(H2,34,39)(H,37,43). The quantitative estimate of drug-likeness (QED) is 0.291. The number of rotatable bonds is 7. The highest BCUT2D eigenvalue weighted by Gasteiger charge is 2.22. The maximum Gasteiger partial charge on any atom is 0.261 e. The summed E-state index contributed by atoms with van der Waals surface area (Å²) in [6.45, 7) is 4.79. The maximum atomic E-state index is 13.2. The summed E-state index contributed by atoms with van der Waals surface area (Å²) in [5.41, 5.74) is 13.7. The first-order valence-electron chi connectivity index (χ1n) is 14.7. The Bertz CT molecular complexity index is 1800. The number of amides is 1. The summed E-state index contributed by atoms with van der Waals surface area (Å²) in [5.74, 6) is 0.937. The number of fused-ring (bicyclic) bond motifs is 3. The highest BCUT2D eigenvalue weighted by Crippen LogP contribution is 2.34. The summed E-state index contributed by atoms with van der Waals surface area (Å²) < 4.78 is 6.85. The largest absolute Gasteiger partial charge is 0.497 e. The number of pyridine rings is 1. The van der Waals surface area contributed by atoms with Crippen molar-refractivity contribution in [2.24, 2.45) is 0 Å². The van der Waals surface area contributed by atoms with Crippen LogP contribution in [0.1, 0.15) is 27.0 Å². The molecule has 0 bridgehead atoms. The number of nitrogens with zero attached hydrogens (tertiary/aromatic N) is 7. The molecule has 2 aromatic carbocycles. The zero-order valence-corrected chi connectivity index (χ0v) is 24.5. The maximum absolute atomic E-state index is 13.2. The van der Waals surface area contributed by atoms with Gasteiger partial charge in [-0.15, -0.1) is 5.10 Å². The van der Waals surface area contributed by atoms with Gasteiger partial charge >= 0.3 is 0 Å². The van der Waals surface area contributed by atoms with Crippen molar-refractivity contribution in [3.05, 3.63) is 102 Å². The van der Waals surface area contributed by atoms with Crippen molar-refractivity contribution in [2.45, 2.75) is 19.4 Å². The average molecular weight is 588 g/mol. The average Bonchev–Trinajstić information content (AvgIpc) is 3.47. The molecule has 1 saturated heterocycles. The number of nitrogens with one attached hydrogen (secondary N) is 1. The zero-order chi connectivity index (χ0) is 30.0. The zero-order valence-electron chi connectivity index (χ0n) is 24.5. The van der Waals surface area contributed by atoms with E-state index in [0.717, 1.165) is 68.1 Å². The smallest absolute Gasteiger partial charge is 0.261 e. The molecule has 3 N–H and O–H groups in total. The van der Waals surface area contributed by atoms with Gasteiger partial charge in [0.1, 0.15) is 11.3 Å². The summed E-state index contributed by atoms with van der Waals surface area (Å²) in [5, 5.41) is 7.30. The van der Waals surface area contributed by atoms with Gasteiger partial charge < -0.3 is 20.7 Å². The van der Waals surface area contributed by atoms with Crippen LogP contribution < -0.4 is 20.7 Å². The number of benzene rings is 2. The van der Waals surface area contributed by atoms with Crippen LogP contribution in [0.25, 0.3) is 17.2 Å². The molecule has 3 aromatic heterocycles. The van der Waals surface area contributed by atoms with Crippen LogP contribution in [0.15, 0.2) is 79.4 Å². The van der Waals surface area contributed by atoms with Crippen LogP contribution in [0.5, 0.6) is 5.75 Å². The fourth-order valence-electron chi connectivity index (χ4n) is 5.86. The molecule has 1 amide bonds. The van der Waals surface area contributed by atoms with Crippen LogP contribution >= 0.6 is 0 Å². The molecule has 0 spiro atoms. The molecule has 1 aliphatic heterocycles. The summed E-state index contributed by atoms with van der Waals surface area (Å²) in [6, 6.07) is 18.0.